The van der Waals surface area contributed by atoms with E-state index in [0.29, 0.717) is 5.56 Å². The number of sulfone groups is 1. The SMILES string of the molecule is CC(C)S(=O)(=O)CCOc1ccc([C@@H](C)O)cc1F. The molecule has 0 radical (unpaired) electrons. The summed E-state index contributed by atoms with van der Waals surface area (Å²) >= 11 is 0. The first kappa shape index (κ1) is 15.9. The van der Waals surface area contributed by atoms with Crippen molar-refractivity contribution in [1.82, 2.24) is 0 Å². The van der Waals surface area contributed by atoms with Gasteiger partial charge in [-0.25, -0.2) is 12.8 Å². The van der Waals surface area contributed by atoms with Gasteiger partial charge < -0.3 is 9.84 Å². The molecule has 0 saturated carbocycles. The van der Waals surface area contributed by atoms with E-state index in [9.17, 15) is 17.9 Å². The average Bonchev–Trinajstić information content (AvgIpc) is 2.30. The number of hydrogen-bond acceptors (Lipinski definition) is 4. The van der Waals surface area contributed by atoms with E-state index < -0.39 is 27.0 Å². The third-order valence-corrected chi connectivity index (χ3v) is 4.95. The summed E-state index contributed by atoms with van der Waals surface area (Å²) in [6, 6.07) is 4.11. The Morgan fingerprint density at radius 2 is 1.95 bits per heavy atom. The summed E-state index contributed by atoms with van der Waals surface area (Å²) in [7, 11) is -3.19. The summed E-state index contributed by atoms with van der Waals surface area (Å²) < 4.78 is 41.8. The van der Waals surface area contributed by atoms with Crippen molar-refractivity contribution in [3.8, 4) is 5.75 Å². The number of benzene rings is 1. The van der Waals surface area contributed by atoms with Crippen LogP contribution in [0.15, 0.2) is 18.2 Å². The third-order valence-electron chi connectivity index (χ3n) is 2.78. The second-order valence-corrected chi connectivity index (χ2v) is 7.31. The number of rotatable bonds is 6. The maximum atomic E-state index is 13.6. The number of ether oxygens (including phenoxy) is 1. The van der Waals surface area contributed by atoms with Crippen LogP contribution in [0.4, 0.5) is 4.39 Å². The highest BCUT2D eigenvalue weighted by Crippen LogP contribution is 2.22. The molecular weight excluding hydrogens is 271 g/mol. The van der Waals surface area contributed by atoms with Crippen LogP contribution >= 0.6 is 0 Å². The zero-order chi connectivity index (χ0) is 14.6. The molecule has 1 aromatic carbocycles. The highest BCUT2D eigenvalue weighted by atomic mass is 32.2. The highest BCUT2D eigenvalue weighted by molar-refractivity contribution is 7.91. The zero-order valence-corrected chi connectivity index (χ0v) is 12.1. The van der Waals surface area contributed by atoms with Crippen LogP contribution in [-0.2, 0) is 9.84 Å². The summed E-state index contributed by atoms with van der Waals surface area (Å²) in [6.45, 7) is 4.62. The van der Waals surface area contributed by atoms with Crippen molar-refractivity contribution in [2.75, 3.05) is 12.4 Å². The maximum absolute atomic E-state index is 13.6. The smallest absolute Gasteiger partial charge is 0.165 e. The molecule has 0 fully saturated rings. The molecule has 0 aliphatic carbocycles. The molecule has 0 heterocycles. The third kappa shape index (κ3) is 4.47. The lowest BCUT2D eigenvalue weighted by atomic mass is 10.1. The van der Waals surface area contributed by atoms with Crippen LogP contribution < -0.4 is 4.74 Å². The molecule has 0 saturated heterocycles. The van der Waals surface area contributed by atoms with Crippen LogP contribution in [0, 0.1) is 5.82 Å². The normalized spacial score (nSPS) is 13.6. The predicted molar refractivity (Wildman–Crippen MR) is 71.5 cm³/mol. The molecular formula is C13H19FO4S. The second kappa shape index (κ2) is 6.34. The van der Waals surface area contributed by atoms with Gasteiger partial charge >= 0.3 is 0 Å². The minimum atomic E-state index is -3.19. The fourth-order valence-corrected chi connectivity index (χ4v) is 2.18. The van der Waals surface area contributed by atoms with Gasteiger partial charge in [-0.1, -0.05) is 6.07 Å². The molecule has 0 bridgehead atoms. The quantitative estimate of drug-likeness (QED) is 0.871. The number of hydrogen-bond donors (Lipinski definition) is 1. The van der Waals surface area contributed by atoms with Crippen molar-refractivity contribution in [1.29, 1.82) is 0 Å². The van der Waals surface area contributed by atoms with Crippen LogP contribution in [0.1, 0.15) is 32.4 Å². The number of aliphatic hydroxyl groups excluding tert-OH is 1. The first-order valence-electron chi connectivity index (χ1n) is 6.06. The lowest BCUT2D eigenvalue weighted by Gasteiger charge is -2.11. The zero-order valence-electron chi connectivity index (χ0n) is 11.3. The van der Waals surface area contributed by atoms with Gasteiger partial charge in [0.05, 0.1) is 17.1 Å². The molecule has 0 aliphatic rings. The standard InChI is InChI=1S/C13H19FO4S/c1-9(2)19(16,17)7-6-18-13-5-4-11(10(3)15)8-12(13)14/h4-5,8-10,15H,6-7H2,1-3H3/t10-/m1/s1. The van der Waals surface area contributed by atoms with Gasteiger partial charge in [-0.3, -0.25) is 0 Å². The van der Waals surface area contributed by atoms with Crippen molar-refractivity contribution < 1.29 is 22.7 Å². The Labute approximate surface area is 113 Å². The van der Waals surface area contributed by atoms with E-state index >= 15 is 0 Å². The molecule has 1 rings (SSSR count). The van der Waals surface area contributed by atoms with Crippen LogP contribution in [0.2, 0.25) is 0 Å². The summed E-state index contributed by atoms with van der Waals surface area (Å²) in [5.74, 6) is -0.772. The van der Waals surface area contributed by atoms with Gasteiger partial charge in [0.1, 0.15) is 6.61 Å². The molecule has 0 unspecified atom stereocenters. The largest absolute Gasteiger partial charge is 0.489 e. The highest BCUT2D eigenvalue weighted by Gasteiger charge is 2.16. The van der Waals surface area contributed by atoms with E-state index in [-0.39, 0.29) is 18.1 Å². The Morgan fingerprint density at radius 3 is 2.42 bits per heavy atom. The van der Waals surface area contributed by atoms with Crippen LogP contribution in [0.5, 0.6) is 5.75 Å². The molecule has 0 amide bonds. The van der Waals surface area contributed by atoms with Crippen LogP contribution in [0.3, 0.4) is 0 Å². The summed E-state index contributed by atoms with van der Waals surface area (Å²) in [4.78, 5) is 0. The summed E-state index contributed by atoms with van der Waals surface area (Å²) in [5, 5.41) is 8.82. The molecule has 1 atom stereocenters. The second-order valence-electron chi connectivity index (χ2n) is 4.63. The lowest BCUT2D eigenvalue weighted by Crippen LogP contribution is -2.22. The molecule has 6 heteroatoms. The van der Waals surface area contributed by atoms with Gasteiger partial charge in [0, 0.05) is 0 Å². The number of halogens is 1. The minimum absolute atomic E-state index is 0.0108. The molecule has 0 spiro atoms. The summed E-state index contributed by atoms with van der Waals surface area (Å²) in [6.07, 6.45) is -0.759. The Bertz CT molecular complexity index is 523. The van der Waals surface area contributed by atoms with Gasteiger partial charge in [-0.05, 0) is 38.5 Å². The van der Waals surface area contributed by atoms with E-state index in [1.165, 1.54) is 19.1 Å². The fourth-order valence-electron chi connectivity index (χ4n) is 1.40. The topological polar surface area (TPSA) is 63.6 Å². The van der Waals surface area contributed by atoms with E-state index in [2.05, 4.69) is 0 Å². The maximum Gasteiger partial charge on any atom is 0.165 e. The van der Waals surface area contributed by atoms with Gasteiger partial charge in [0.15, 0.2) is 21.4 Å². The molecule has 0 aromatic heterocycles. The van der Waals surface area contributed by atoms with Crippen molar-refractivity contribution in [2.45, 2.75) is 32.1 Å². The van der Waals surface area contributed by atoms with Gasteiger partial charge in [0.25, 0.3) is 0 Å². The van der Waals surface area contributed by atoms with E-state index in [4.69, 9.17) is 4.74 Å². The molecule has 1 aromatic rings. The average molecular weight is 290 g/mol. The first-order chi connectivity index (χ1) is 8.74. The van der Waals surface area contributed by atoms with Crippen molar-refractivity contribution in [3.05, 3.63) is 29.6 Å². The summed E-state index contributed by atoms with van der Waals surface area (Å²) in [5.41, 5.74) is 0.444. The molecule has 19 heavy (non-hydrogen) atoms. The Hall–Kier alpha value is -1.14. The van der Waals surface area contributed by atoms with Gasteiger partial charge in [0.2, 0.25) is 0 Å². The van der Waals surface area contributed by atoms with Crippen molar-refractivity contribution >= 4 is 9.84 Å². The number of aliphatic hydroxyl groups is 1. The minimum Gasteiger partial charge on any atom is -0.489 e. The first-order valence-corrected chi connectivity index (χ1v) is 7.77. The molecule has 4 nitrogen and oxygen atoms in total. The Balaban J connectivity index is 2.65. The Kier molecular flexibility index (Phi) is 5.31. The van der Waals surface area contributed by atoms with Gasteiger partial charge in [-0.15, -0.1) is 0 Å². The van der Waals surface area contributed by atoms with Crippen molar-refractivity contribution in [3.63, 3.8) is 0 Å². The lowest BCUT2D eigenvalue weighted by molar-refractivity contribution is 0.198. The fraction of sp³-hybridized carbons (Fsp3) is 0.538. The van der Waals surface area contributed by atoms with Crippen molar-refractivity contribution in [2.24, 2.45) is 0 Å². The molecule has 0 aliphatic heterocycles. The Morgan fingerprint density at radius 1 is 1.32 bits per heavy atom. The van der Waals surface area contributed by atoms with Crippen LogP contribution in [0.25, 0.3) is 0 Å². The van der Waals surface area contributed by atoms with Crippen LogP contribution in [-0.4, -0.2) is 31.1 Å². The van der Waals surface area contributed by atoms with Gasteiger partial charge in [-0.2, -0.15) is 0 Å². The monoisotopic (exact) mass is 290 g/mol. The van der Waals surface area contributed by atoms with E-state index in [1.807, 2.05) is 0 Å². The van der Waals surface area contributed by atoms with E-state index in [1.54, 1.807) is 19.9 Å². The predicted octanol–water partition coefficient (Wildman–Crippen LogP) is 2.08. The molecule has 108 valence electrons. The van der Waals surface area contributed by atoms with E-state index in [0.717, 1.165) is 0 Å². The molecule has 1 N–H and O–H groups in total.